The quantitative estimate of drug-likeness (QED) is 0.761. The Kier molecular flexibility index (Phi) is 5.09. The lowest BCUT2D eigenvalue weighted by Gasteiger charge is -2.18. The van der Waals surface area contributed by atoms with E-state index in [-0.39, 0.29) is 12.1 Å². The van der Waals surface area contributed by atoms with Crippen molar-refractivity contribution in [2.24, 2.45) is 0 Å². The lowest BCUT2D eigenvalue weighted by atomic mass is 10.1. The van der Waals surface area contributed by atoms with Crippen molar-refractivity contribution in [1.82, 2.24) is 4.90 Å². The highest BCUT2D eigenvalue weighted by atomic mass is 35.5. The maximum Gasteiger partial charge on any atom is 0.256 e. The zero-order chi connectivity index (χ0) is 15.6. The molecule has 2 aromatic carbocycles. The first-order valence-electron chi connectivity index (χ1n) is 6.03. The number of hydrogen-bond donors (Lipinski definition) is 0. The SMILES string of the molecule is CN(Cc1ccc(Cl)cc1Cl)C(=O)c1cc(Cl)ccc1F. The molecule has 0 fully saturated rings. The van der Waals surface area contributed by atoms with Gasteiger partial charge in [-0.1, -0.05) is 40.9 Å². The molecule has 2 rings (SSSR count). The van der Waals surface area contributed by atoms with Gasteiger partial charge in [-0.2, -0.15) is 0 Å². The molecule has 2 nitrogen and oxygen atoms in total. The van der Waals surface area contributed by atoms with Crippen LogP contribution in [0.4, 0.5) is 4.39 Å². The Morgan fingerprint density at radius 2 is 1.71 bits per heavy atom. The van der Waals surface area contributed by atoms with Gasteiger partial charge < -0.3 is 4.90 Å². The van der Waals surface area contributed by atoms with Crippen LogP contribution in [-0.2, 0) is 6.54 Å². The van der Waals surface area contributed by atoms with Crippen LogP contribution in [0.5, 0.6) is 0 Å². The van der Waals surface area contributed by atoms with E-state index < -0.39 is 11.7 Å². The fourth-order valence-corrected chi connectivity index (χ4v) is 2.48. The summed E-state index contributed by atoms with van der Waals surface area (Å²) < 4.78 is 13.7. The molecule has 0 N–H and O–H groups in total. The highest BCUT2D eigenvalue weighted by Gasteiger charge is 2.17. The van der Waals surface area contributed by atoms with E-state index in [4.69, 9.17) is 34.8 Å². The van der Waals surface area contributed by atoms with E-state index in [1.54, 1.807) is 25.2 Å². The topological polar surface area (TPSA) is 20.3 Å². The summed E-state index contributed by atoms with van der Waals surface area (Å²) in [5, 5.41) is 1.27. The molecule has 0 heterocycles. The monoisotopic (exact) mass is 345 g/mol. The minimum Gasteiger partial charge on any atom is -0.337 e. The number of amides is 1. The third kappa shape index (κ3) is 3.88. The van der Waals surface area contributed by atoms with Crippen LogP contribution in [-0.4, -0.2) is 17.9 Å². The van der Waals surface area contributed by atoms with Crippen molar-refractivity contribution in [3.05, 3.63) is 68.4 Å². The highest BCUT2D eigenvalue weighted by molar-refractivity contribution is 6.35. The Labute approximate surface area is 137 Å². The Bertz CT molecular complexity index is 691. The average molecular weight is 347 g/mol. The van der Waals surface area contributed by atoms with Gasteiger partial charge in [0.2, 0.25) is 0 Å². The molecule has 0 atom stereocenters. The van der Waals surface area contributed by atoms with Gasteiger partial charge in [0.25, 0.3) is 5.91 Å². The van der Waals surface area contributed by atoms with Crippen LogP contribution in [0.15, 0.2) is 36.4 Å². The van der Waals surface area contributed by atoms with Gasteiger partial charge in [-0.3, -0.25) is 4.79 Å². The largest absolute Gasteiger partial charge is 0.337 e. The summed E-state index contributed by atoms with van der Waals surface area (Å²) in [5.41, 5.74) is 0.648. The van der Waals surface area contributed by atoms with Crippen molar-refractivity contribution in [2.75, 3.05) is 7.05 Å². The average Bonchev–Trinajstić information content (AvgIpc) is 2.43. The van der Waals surface area contributed by atoms with Gasteiger partial charge in [0.1, 0.15) is 5.82 Å². The van der Waals surface area contributed by atoms with Crippen molar-refractivity contribution >= 4 is 40.7 Å². The Morgan fingerprint density at radius 3 is 2.38 bits per heavy atom. The first kappa shape index (κ1) is 16.1. The maximum atomic E-state index is 13.7. The summed E-state index contributed by atoms with van der Waals surface area (Å²) in [6.07, 6.45) is 0. The van der Waals surface area contributed by atoms with Crippen molar-refractivity contribution in [3.8, 4) is 0 Å². The van der Waals surface area contributed by atoms with Crippen LogP contribution in [0.1, 0.15) is 15.9 Å². The van der Waals surface area contributed by atoms with Gasteiger partial charge in [-0.05, 0) is 35.9 Å². The first-order chi connectivity index (χ1) is 9.88. The number of hydrogen-bond acceptors (Lipinski definition) is 1. The van der Waals surface area contributed by atoms with E-state index in [2.05, 4.69) is 0 Å². The second-order valence-electron chi connectivity index (χ2n) is 4.52. The van der Waals surface area contributed by atoms with Gasteiger partial charge in [-0.15, -0.1) is 0 Å². The van der Waals surface area contributed by atoms with Gasteiger partial charge in [0.15, 0.2) is 0 Å². The first-order valence-corrected chi connectivity index (χ1v) is 7.16. The minimum atomic E-state index is -0.613. The van der Waals surface area contributed by atoms with Gasteiger partial charge >= 0.3 is 0 Å². The van der Waals surface area contributed by atoms with Crippen LogP contribution < -0.4 is 0 Å². The third-order valence-corrected chi connectivity index (χ3v) is 3.75. The number of halogens is 4. The fourth-order valence-electron chi connectivity index (χ4n) is 1.84. The molecule has 6 heteroatoms. The molecular formula is C15H11Cl3FNO. The predicted octanol–water partition coefficient (Wildman–Crippen LogP) is 5.06. The van der Waals surface area contributed by atoms with E-state index in [1.807, 2.05) is 0 Å². The molecular weight excluding hydrogens is 336 g/mol. The molecule has 1 amide bonds. The predicted molar refractivity (Wildman–Crippen MR) is 83.7 cm³/mol. The summed E-state index contributed by atoms with van der Waals surface area (Å²) in [5.74, 6) is -1.08. The molecule has 0 radical (unpaired) electrons. The highest BCUT2D eigenvalue weighted by Crippen LogP contribution is 2.23. The summed E-state index contributed by atoms with van der Waals surface area (Å²) >= 11 is 17.7. The van der Waals surface area contributed by atoms with Crippen molar-refractivity contribution < 1.29 is 9.18 Å². The standard InChI is InChI=1S/C15H11Cl3FNO/c1-20(8-9-2-3-11(17)7-13(9)18)15(21)12-6-10(16)4-5-14(12)19/h2-7H,8H2,1H3. The Hall–Kier alpha value is -1.29. The van der Waals surface area contributed by atoms with E-state index in [1.165, 1.54) is 23.1 Å². The molecule has 0 unspecified atom stereocenters. The molecule has 0 saturated heterocycles. The molecule has 0 bridgehead atoms. The molecule has 21 heavy (non-hydrogen) atoms. The van der Waals surface area contributed by atoms with Crippen LogP contribution >= 0.6 is 34.8 Å². The number of nitrogens with zero attached hydrogens (tertiary/aromatic N) is 1. The summed E-state index contributed by atoms with van der Waals surface area (Å²) in [7, 11) is 1.56. The van der Waals surface area contributed by atoms with E-state index >= 15 is 0 Å². The second kappa shape index (κ2) is 6.65. The number of carbonyl (C=O) groups excluding carboxylic acids is 1. The molecule has 2 aromatic rings. The van der Waals surface area contributed by atoms with E-state index in [9.17, 15) is 9.18 Å². The maximum absolute atomic E-state index is 13.7. The van der Waals surface area contributed by atoms with Crippen molar-refractivity contribution in [1.29, 1.82) is 0 Å². The molecule has 110 valence electrons. The lowest BCUT2D eigenvalue weighted by molar-refractivity contribution is 0.0780. The lowest BCUT2D eigenvalue weighted by Crippen LogP contribution is -2.27. The van der Waals surface area contributed by atoms with Gasteiger partial charge in [-0.25, -0.2) is 4.39 Å². The van der Waals surface area contributed by atoms with Crippen LogP contribution in [0.3, 0.4) is 0 Å². The van der Waals surface area contributed by atoms with Gasteiger partial charge in [0, 0.05) is 28.7 Å². The molecule has 0 aromatic heterocycles. The van der Waals surface area contributed by atoms with Crippen molar-refractivity contribution in [3.63, 3.8) is 0 Å². The fraction of sp³-hybridized carbons (Fsp3) is 0.133. The second-order valence-corrected chi connectivity index (χ2v) is 5.80. The zero-order valence-electron chi connectivity index (χ0n) is 11.0. The smallest absolute Gasteiger partial charge is 0.256 e. The van der Waals surface area contributed by atoms with Gasteiger partial charge in [0.05, 0.1) is 5.56 Å². The summed E-state index contributed by atoms with van der Waals surface area (Å²) in [6.45, 7) is 0.237. The minimum absolute atomic E-state index is 0.0740. The molecule has 0 aliphatic rings. The van der Waals surface area contributed by atoms with Crippen molar-refractivity contribution in [2.45, 2.75) is 6.54 Å². The third-order valence-electron chi connectivity index (χ3n) is 2.93. The van der Waals surface area contributed by atoms with E-state index in [0.29, 0.717) is 15.1 Å². The van der Waals surface area contributed by atoms with Crippen LogP contribution in [0.2, 0.25) is 15.1 Å². The number of rotatable bonds is 3. The molecule has 0 saturated carbocycles. The molecule has 0 spiro atoms. The Morgan fingerprint density at radius 1 is 1.10 bits per heavy atom. The van der Waals surface area contributed by atoms with Crippen LogP contribution in [0, 0.1) is 5.82 Å². The molecule has 0 aliphatic heterocycles. The molecule has 0 aliphatic carbocycles. The normalized spacial score (nSPS) is 10.5. The van der Waals surface area contributed by atoms with Crippen LogP contribution in [0.25, 0.3) is 0 Å². The Balaban J connectivity index is 2.21. The summed E-state index contributed by atoms with van der Waals surface area (Å²) in [6, 6.07) is 8.86. The summed E-state index contributed by atoms with van der Waals surface area (Å²) in [4.78, 5) is 13.6. The zero-order valence-corrected chi connectivity index (χ0v) is 13.3. The number of carbonyl (C=O) groups is 1. The van der Waals surface area contributed by atoms with E-state index in [0.717, 1.165) is 5.56 Å². The number of benzene rings is 2.